The Bertz CT molecular complexity index is 601. The molecule has 0 aliphatic carbocycles. The van der Waals surface area contributed by atoms with Crippen molar-refractivity contribution in [1.82, 2.24) is 10.2 Å². The average molecular weight is 491 g/mol. The first kappa shape index (κ1) is 23.5. The van der Waals surface area contributed by atoms with E-state index in [4.69, 9.17) is 5.73 Å². The van der Waals surface area contributed by atoms with Crippen LogP contribution in [0.4, 0.5) is 10.1 Å². The van der Waals surface area contributed by atoms with Gasteiger partial charge in [0, 0.05) is 51.4 Å². The molecule has 6 nitrogen and oxygen atoms in total. The summed E-state index contributed by atoms with van der Waals surface area (Å²) in [5.41, 5.74) is 6.79. The first-order chi connectivity index (χ1) is 12.5. The molecule has 152 valence electrons. The van der Waals surface area contributed by atoms with Crippen molar-refractivity contribution in [1.29, 1.82) is 0 Å². The lowest BCUT2D eigenvalue weighted by Gasteiger charge is -2.36. The Kier molecular flexibility index (Phi) is 10.4. The van der Waals surface area contributed by atoms with Crippen LogP contribution in [-0.2, 0) is 4.79 Å². The van der Waals surface area contributed by atoms with E-state index < -0.39 is 0 Å². The molecule has 1 aliphatic heterocycles. The van der Waals surface area contributed by atoms with Crippen LogP contribution in [0.3, 0.4) is 0 Å². The Hall–Kier alpha value is -1.58. The van der Waals surface area contributed by atoms with Crippen molar-refractivity contribution in [2.24, 2.45) is 16.6 Å². The molecule has 1 aromatic carbocycles. The Morgan fingerprint density at radius 2 is 1.85 bits per heavy atom. The summed E-state index contributed by atoms with van der Waals surface area (Å²) in [6.45, 7) is 8.35. The molecule has 0 radical (unpaired) electrons. The van der Waals surface area contributed by atoms with Gasteiger partial charge in [-0.15, -0.1) is 24.0 Å². The smallest absolute Gasteiger partial charge is 0.224 e. The fraction of sp³-hybridized carbons (Fsp3) is 0.579. The van der Waals surface area contributed by atoms with Gasteiger partial charge in [0.2, 0.25) is 5.91 Å². The number of amides is 1. The largest absolute Gasteiger partial charge is 0.370 e. The van der Waals surface area contributed by atoms with Crippen LogP contribution in [0.2, 0.25) is 0 Å². The number of piperazine rings is 1. The van der Waals surface area contributed by atoms with E-state index in [1.807, 2.05) is 4.90 Å². The summed E-state index contributed by atoms with van der Waals surface area (Å²) in [7, 11) is 0. The number of hydrogen-bond donors (Lipinski definition) is 2. The van der Waals surface area contributed by atoms with Crippen molar-refractivity contribution in [2.45, 2.75) is 26.7 Å². The van der Waals surface area contributed by atoms with E-state index in [9.17, 15) is 9.18 Å². The highest BCUT2D eigenvalue weighted by Crippen LogP contribution is 2.17. The van der Waals surface area contributed by atoms with Crippen LogP contribution in [0.1, 0.15) is 26.7 Å². The number of rotatable bonds is 7. The van der Waals surface area contributed by atoms with E-state index in [2.05, 4.69) is 29.1 Å². The molecule has 2 rings (SSSR count). The van der Waals surface area contributed by atoms with E-state index in [-0.39, 0.29) is 35.7 Å². The fourth-order valence-electron chi connectivity index (χ4n) is 2.82. The quantitative estimate of drug-likeness (QED) is 0.349. The van der Waals surface area contributed by atoms with Crippen molar-refractivity contribution in [3.8, 4) is 0 Å². The summed E-state index contributed by atoms with van der Waals surface area (Å²) < 4.78 is 13.0. The van der Waals surface area contributed by atoms with Crippen LogP contribution >= 0.6 is 24.0 Å². The lowest BCUT2D eigenvalue weighted by molar-refractivity contribution is -0.131. The van der Waals surface area contributed by atoms with E-state index in [0.29, 0.717) is 44.5 Å². The predicted molar refractivity (Wildman–Crippen MR) is 119 cm³/mol. The number of nitrogens with two attached hydrogens (primary N) is 1. The molecule has 0 atom stereocenters. The maximum atomic E-state index is 13.0. The molecular weight excluding hydrogens is 460 g/mol. The minimum absolute atomic E-state index is 0. The van der Waals surface area contributed by atoms with Crippen LogP contribution < -0.4 is 16.0 Å². The van der Waals surface area contributed by atoms with Crippen molar-refractivity contribution in [2.75, 3.05) is 44.2 Å². The fourth-order valence-corrected chi connectivity index (χ4v) is 2.82. The highest BCUT2D eigenvalue weighted by molar-refractivity contribution is 14.0. The SMILES string of the molecule is CC(C)CCN=C(N)NCCC(=O)N1CCN(c2ccc(F)cc2)CC1.I. The molecule has 8 heteroatoms. The standard InChI is InChI=1S/C19H30FN5O.HI/c1-15(2)7-9-22-19(21)23-10-8-18(26)25-13-11-24(12-14-25)17-5-3-16(20)4-6-17;/h3-6,15H,7-14H2,1-2H3,(H3,21,22,23);1H. The zero-order valence-electron chi connectivity index (χ0n) is 16.2. The molecule has 0 aromatic heterocycles. The second kappa shape index (κ2) is 12.0. The van der Waals surface area contributed by atoms with Gasteiger partial charge < -0.3 is 20.9 Å². The zero-order valence-corrected chi connectivity index (χ0v) is 18.5. The number of carbonyl (C=O) groups excluding carboxylic acids is 1. The van der Waals surface area contributed by atoms with Gasteiger partial charge in [0.05, 0.1) is 0 Å². The number of nitrogens with zero attached hydrogens (tertiary/aromatic N) is 3. The number of halogens is 2. The van der Waals surface area contributed by atoms with Gasteiger partial charge in [0.15, 0.2) is 5.96 Å². The maximum Gasteiger partial charge on any atom is 0.224 e. The monoisotopic (exact) mass is 491 g/mol. The number of hydrogen-bond acceptors (Lipinski definition) is 3. The Balaban J connectivity index is 0.00000364. The minimum Gasteiger partial charge on any atom is -0.370 e. The predicted octanol–water partition coefficient (Wildman–Crippen LogP) is 2.43. The molecule has 1 aromatic rings. The second-order valence-electron chi connectivity index (χ2n) is 6.97. The Labute approximate surface area is 178 Å². The molecule has 1 heterocycles. The summed E-state index contributed by atoms with van der Waals surface area (Å²) in [5.74, 6) is 0.884. The summed E-state index contributed by atoms with van der Waals surface area (Å²) in [6.07, 6.45) is 1.40. The van der Waals surface area contributed by atoms with Crippen molar-refractivity contribution in [3.63, 3.8) is 0 Å². The maximum absolute atomic E-state index is 13.0. The molecule has 0 saturated carbocycles. The van der Waals surface area contributed by atoms with Gasteiger partial charge in [-0.25, -0.2) is 4.39 Å². The number of benzene rings is 1. The third kappa shape index (κ3) is 8.32. The third-order valence-corrected chi connectivity index (χ3v) is 4.46. The topological polar surface area (TPSA) is 74.0 Å². The summed E-state index contributed by atoms with van der Waals surface area (Å²) >= 11 is 0. The van der Waals surface area contributed by atoms with Gasteiger partial charge in [0.1, 0.15) is 5.82 Å². The van der Waals surface area contributed by atoms with Crippen LogP contribution in [0.15, 0.2) is 29.3 Å². The molecule has 0 spiro atoms. The van der Waals surface area contributed by atoms with E-state index in [1.54, 1.807) is 12.1 Å². The number of anilines is 1. The van der Waals surface area contributed by atoms with E-state index in [0.717, 1.165) is 25.2 Å². The summed E-state index contributed by atoms with van der Waals surface area (Å²) in [4.78, 5) is 20.6. The van der Waals surface area contributed by atoms with Crippen molar-refractivity contribution < 1.29 is 9.18 Å². The van der Waals surface area contributed by atoms with Crippen LogP contribution in [-0.4, -0.2) is 56.0 Å². The zero-order chi connectivity index (χ0) is 18.9. The molecule has 1 fully saturated rings. The van der Waals surface area contributed by atoms with Crippen molar-refractivity contribution in [3.05, 3.63) is 30.1 Å². The molecule has 1 aliphatic rings. The van der Waals surface area contributed by atoms with Crippen LogP contribution in [0, 0.1) is 11.7 Å². The number of guanidine groups is 1. The molecule has 0 bridgehead atoms. The van der Waals surface area contributed by atoms with Crippen LogP contribution in [0.25, 0.3) is 0 Å². The Morgan fingerprint density at radius 1 is 1.22 bits per heavy atom. The summed E-state index contributed by atoms with van der Waals surface area (Å²) in [6, 6.07) is 6.48. The molecule has 1 saturated heterocycles. The van der Waals surface area contributed by atoms with Gasteiger partial charge in [-0.3, -0.25) is 9.79 Å². The lowest BCUT2D eigenvalue weighted by atomic mass is 10.1. The molecule has 1 amide bonds. The number of nitrogens with one attached hydrogen (secondary N) is 1. The van der Waals surface area contributed by atoms with Crippen LogP contribution in [0.5, 0.6) is 0 Å². The average Bonchev–Trinajstić information content (AvgIpc) is 2.62. The lowest BCUT2D eigenvalue weighted by Crippen LogP contribution is -2.49. The molecule has 3 N–H and O–H groups in total. The van der Waals surface area contributed by atoms with Gasteiger partial charge in [-0.2, -0.15) is 0 Å². The third-order valence-electron chi connectivity index (χ3n) is 4.46. The summed E-state index contributed by atoms with van der Waals surface area (Å²) in [5, 5.41) is 3.00. The molecule has 0 unspecified atom stereocenters. The molecule has 27 heavy (non-hydrogen) atoms. The first-order valence-electron chi connectivity index (χ1n) is 9.28. The highest BCUT2D eigenvalue weighted by Gasteiger charge is 2.20. The van der Waals surface area contributed by atoms with Gasteiger partial charge in [-0.1, -0.05) is 13.8 Å². The Morgan fingerprint density at radius 3 is 2.44 bits per heavy atom. The van der Waals surface area contributed by atoms with E-state index >= 15 is 0 Å². The van der Waals surface area contributed by atoms with Crippen molar-refractivity contribution >= 4 is 41.5 Å². The van der Waals surface area contributed by atoms with Gasteiger partial charge in [0.25, 0.3) is 0 Å². The minimum atomic E-state index is -0.234. The number of carbonyl (C=O) groups is 1. The highest BCUT2D eigenvalue weighted by atomic mass is 127. The van der Waals surface area contributed by atoms with Gasteiger partial charge >= 0.3 is 0 Å². The first-order valence-corrected chi connectivity index (χ1v) is 9.28. The van der Waals surface area contributed by atoms with Gasteiger partial charge in [-0.05, 0) is 36.6 Å². The molecular formula is C19H31FIN5O. The van der Waals surface area contributed by atoms with E-state index in [1.165, 1.54) is 12.1 Å². The number of aliphatic imine (C=N–C) groups is 1. The second-order valence-corrected chi connectivity index (χ2v) is 6.97. The normalized spacial score (nSPS) is 14.9.